The third-order valence-electron chi connectivity index (χ3n) is 0. The quantitative estimate of drug-likeness (QED) is 0.438. The second-order valence-electron chi connectivity index (χ2n) is 0. The zero-order chi connectivity index (χ0) is 0. The Morgan fingerprint density at radius 1 is 1.00 bits per heavy atom. The van der Waals surface area contributed by atoms with Crippen molar-refractivity contribution in [2.75, 3.05) is 0 Å². The molecule has 4 heavy (non-hydrogen) atoms. The Morgan fingerprint density at radius 2 is 1.00 bits per heavy atom. The molecule has 0 saturated heterocycles. The van der Waals surface area contributed by atoms with Crippen molar-refractivity contribution in [2.45, 2.75) is 0 Å². The molecule has 0 saturated carbocycles. The Hall–Kier alpha value is 2.77. The smallest absolute Gasteiger partial charge is 0 e. The van der Waals surface area contributed by atoms with E-state index in [9.17, 15) is 0 Å². The van der Waals surface area contributed by atoms with E-state index in [1.54, 1.807) is 0 Å². The standard InChI is InChI=1S/Al.Cu.Pb.Sn. The van der Waals surface area contributed by atoms with Crippen LogP contribution in [-0.4, -0.2) is 68.6 Å². The molecule has 0 unspecified atom stereocenters. The molecule has 0 atom stereocenters. The van der Waals surface area contributed by atoms with Crippen LogP contribution >= 0.6 is 0 Å². The summed E-state index contributed by atoms with van der Waals surface area (Å²) in [6, 6.07) is 0. The summed E-state index contributed by atoms with van der Waals surface area (Å²) in [5.74, 6) is 0. The van der Waals surface area contributed by atoms with Crippen molar-refractivity contribution in [3.8, 4) is 0 Å². The van der Waals surface area contributed by atoms with Gasteiger partial charge in [0.2, 0.25) is 0 Å². The third-order valence-corrected chi connectivity index (χ3v) is 0. The minimum Gasteiger partial charge on any atom is 0 e. The molecular formula is AlCuPbSn. The van der Waals surface area contributed by atoms with Crippen molar-refractivity contribution in [1.29, 1.82) is 0 Å². The molecule has 0 aliphatic carbocycles. The second-order valence-corrected chi connectivity index (χ2v) is 0. The van der Waals surface area contributed by atoms with E-state index >= 15 is 0 Å². The van der Waals surface area contributed by atoms with E-state index in [4.69, 9.17) is 0 Å². The predicted octanol–water partition coefficient (Wildman–Crippen LogP) is -1.14. The molecule has 0 nitrogen and oxygen atoms in total. The van der Waals surface area contributed by atoms with Gasteiger partial charge in [0.25, 0.3) is 0 Å². The summed E-state index contributed by atoms with van der Waals surface area (Å²) >= 11 is 0. The van der Waals surface area contributed by atoms with E-state index in [1.165, 1.54) is 0 Å². The molecule has 0 rings (SSSR count). The van der Waals surface area contributed by atoms with Gasteiger partial charge in [0.15, 0.2) is 0 Å². The van der Waals surface area contributed by atoms with Crippen LogP contribution in [0.15, 0.2) is 0 Å². The first-order chi connectivity index (χ1) is 0. The molecule has 0 bridgehead atoms. The van der Waals surface area contributed by atoms with Crippen molar-refractivity contribution in [2.24, 2.45) is 0 Å². The summed E-state index contributed by atoms with van der Waals surface area (Å²) in [6.45, 7) is 0. The first kappa shape index (κ1) is 29.4. The normalized spacial score (nSPS) is 0. The maximum absolute atomic E-state index is 0. The molecular weight excluding hydrogens is 416 g/mol. The van der Waals surface area contributed by atoms with Gasteiger partial charge < -0.3 is 0 Å². The van der Waals surface area contributed by atoms with E-state index < -0.39 is 0 Å². The van der Waals surface area contributed by atoms with Gasteiger partial charge in [0.05, 0.1) is 0 Å². The van der Waals surface area contributed by atoms with E-state index in [2.05, 4.69) is 0 Å². The molecule has 0 amide bonds. The molecule has 0 aromatic carbocycles. The Kier molecular flexibility index (Phi) is 126. The van der Waals surface area contributed by atoms with Crippen LogP contribution in [-0.2, 0) is 17.1 Å². The average molecular weight is 416 g/mol. The van der Waals surface area contributed by atoms with Crippen LogP contribution in [0.3, 0.4) is 0 Å². The Morgan fingerprint density at radius 3 is 1.00 bits per heavy atom. The molecule has 0 aromatic rings. The molecule has 0 fully saturated rings. The Bertz CT molecular complexity index is 8.00. The van der Waals surface area contributed by atoms with Gasteiger partial charge in [0.1, 0.15) is 0 Å². The van der Waals surface area contributed by atoms with Crippen LogP contribution in [0.5, 0.6) is 0 Å². The van der Waals surface area contributed by atoms with Gasteiger partial charge >= 0.3 is 0 Å². The number of rotatable bonds is 0. The van der Waals surface area contributed by atoms with E-state index in [0.717, 1.165) is 0 Å². The second kappa shape index (κ2) is 17.1. The maximum Gasteiger partial charge on any atom is 0 e. The number of hydrogen-bond donors (Lipinski definition) is 0. The fraction of sp³-hybridized carbons (Fsp3) is 0. The van der Waals surface area contributed by atoms with Gasteiger partial charge in [-0.05, 0) is 0 Å². The first-order valence-electron chi connectivity index (χ1n) is 0. The van der Waals surface area contributed by atoms with E-state index in [-0.39, 0.29) is 85.6 Å². The molecule has 0 aliphatic heterocycles. The van der Waals surface area contributed by atoms with Crippen molar-refractivity contribution >= 4 is 68.6 Å². The molecule has 0 heterocycles. The monoisotopic (exact) mass is 418 g/mol. The minimum atomic E-state index is 0. The zero-order valence-electron chi connectivity index (χ0n) is 1.88. The predicted molar refractivity (Wildman–Crippen MR) is 17.3 cm³/mol. The summed E-state index contributed by atoms with van der Waals surface area (Å²) in [6.07, 6.45) is 0. The zero-order valence-corrected chi connectivity index (χ0v) is 10.7. The van der Waals surface area contributed by atoms with Crippen molar-refractivity contribution in [3.05, 3.63) is 0 Å². The largest absolute Gasteiger partial charge is 0 e. The summed E-state index contributed by atoms with van der Waals surface area (Å²) in [7, 11) is 0. The van der Waals surface area contributed by atoms with Crippen LogP contribution in [0.2, 0.25) is 0 Å². The van der Waals surface area contributed by atoms with Gasteiger partial charge in [-0.2, -0.15) is 0 Å². The first-order valence-corrected chi connectivity index (χ1v) is 0. The van der Waals surface area contributed by atoms with Crippen molar-refractivity contribution in [3.63, 3.8) is 0 Å². The van der Waals surface area contributed by atoms with Crippen molar-refractivity contribution < 1.29 is 17.1 Å². The Balaban J connectivity index is 0. The van der Waals surface area contributed by atoms with Crippen LogP contribution in [0, 0.1) is 0 Å². The van der Waals surface area contributed by atoms with Crippen molar-refractivity contribution in [1.82, 2.24) is 0 Å². The summed E-state index contributed by atoms with van der Waals surface area (Å²) in [5, 5.41) is 0. The van der Waals surface area contributed by atoms with E-state index in [0.29, 0.717) is 0 Å². The molecule has 0 N–H and O–H groups in total. The summed E-state index contributed by atoms with van der Waals surface area (Å²) < 4.78 is 0. The maximum atomic E-state index is 0. The SMILES string of the molecule is [Al].[Cu].[Pb].[Sn]. The van der Waals surface area contributed by atoms with Crippen LogP contribution in [0.4, 0.5) is 0 Å². The molecule has 0 aliphatic rings. The molecule has 12 radical (unpaired) electrons. The van der Waals surface area contributed by atoms with Crippen LogP contribution in [0.25, 0.3) is 0 Å². The topological polar surface area (TPSA) is 0 Å². The molecule has 4 heteroatoms. The summed E-state index contributed by atoms with van der Waals surface area (Å²) in [4.78, 5) is 0. The van der Waals surface area contributed by atoms with Crippen LogP contribution < -0.4 is 0 Å². The van der Waals surface area contributed by atoms with Gasteiger partial charge in [-0.3, -0.25) is 0 Å². The average Bonchev–Trinajstić information content (AvgIpc) is 0. The van der Waals surface area contributed by atoms with Gasteiger partial charge in [-0.1, -0.05) is 0 Å². The summed E-state index contributed by atoms with van der Waals surface area (Å²) in [5.41, 5.74) is 0. The fourth-order valence-electron chi connectivity index (χ4n) is 0. The fourth-order valence-corrected chi connectivity index (χ4v) is 0. The molecule has 0 aromatic heterocycles. The van der Waals surface area contributed by atoms with Gasteiger partial charge in [-0.15, -0.1) is 0 Å². The Labute approximate surface area is 84.2 Å². The van der Waals surface area contributed by atoms with Gasteiger partial charge in [-0.25, -0.2) is 0 Å². The number of hydrogen-bond acceptors (Lipinski definition) is 0. The molecule has 0 spiro atoms. The van der Waals surface area contributed by atoms with Crippen LogP contribution in [0.1, 0.15) is 0 Å². The molecule has 22 valence electrons. The minimum absolute atomic E-state index is 0. The third kappa shape index (κ3) is 8.84. The van der Waals surface area contributed by atoms with E-state index in [1.807, 2.05) is 0 Å². The van der Waals surface area contributed by atoms with Gasteiger partial charge in [0, 0.05) is 85.6 Å².